The van der Waals surface area contributed by atoms with Crippen LogP contribution in [0.15, 0.2) is 79.9 Å². The second kappa shape index (κ2) is 12.4. The van der Waals surface area contributed by atoms with Crippen LogP contribution in [0.4, 0.5) is 0 Å². The molecule has 3 fully saturated rings. The maximum Gasteiger partial charge on any atom is 0.250 e. The van der Waals surface area contributed by atoms with Crippen molar-refractivity contribution in [3.8, 4) is 0 Å². The maximum absolute atomic E-state index is 14.8. The second-order valence-electron chi connectivity index (χ2n) is 12.7. The Morgan fingerprint density at radius 2 is 1.76 bits per heavy atom. The van der Waals surface area contributed by atoms with Gasteiger partial charge in [0.2, 0.25) is 17.7 Å². The lowest BCUT2D eigenvalue weighted by Gasteiger charge is -2.38. The predicted molar refractivity (Wildman–Crippen MR) is 172 cm³/mol. The number of aliphatic hydroxyl groups is 1. The van der Waals surface area contributed by atoms with Gasteiger partial charge >= 0.3 is 0 Å². The zero-order valence-electron chi connectivity index (χ0n) is 26.5. The molecule has 0 saturated carbocycles. The van der Waals surface area contributed by atoms with Crippen LogP contribution in [0.5, 0.6) is 0 Å². The highest BCUT2D eigenvalue weighted by molar-refractivity contribution is 5.99. The quantitative estimate of drug-likeness (QED) is 0.290. The Morgan fingerprint density at radius 3 is 2.46 bits per heavy atom. The third-order valence-electron chi connectivity index (χ3n) is 10.1. The van der Waals surface area contributed by atoms with Crippen molar-refractivity contribution < 1.29 is 24.2 Å². The lowest BCUT2D eigenvalue weighted by Crippen LogP contribution is -2.58. The number of aromatic nitrogens is 3. The molecule has 2 aromatic carbocycles. The molecule has 3 amide bonds. The maximum atomic E-state index is 14.8. The number of carbonyl (C=O) groups excluding carboxylic acids is 3. The Morgan fingerprint density at radius 1 is 1.07 bits per heavy atom. The Kier molecular flexibility index (Phi) is 8.56. The molecule has 1 N–H and O–H groups in total. The van der Waals surface area contributed by atoms with Crippen molar-refractivity contribution >= 4 is 28.8 Å². The molecule has 2 bridgehead atoms. The number of fused-ring (bicyclic) bond motifs is 2. The molecule has 2 unspecified atom stereocenters. The number of likely N-dealkylation sites (tertiary alicyclic amines) is 1. The number of ether oxygens (including phenoxy) is 1. The summed E-state index contributed by atoms with van der Waals surface area (Å²) in [4.78, 5) is 48.8. The number of aliphatic hydroxyl groups excluding tert-OH is 1. The molecule has 11 nitrogen and oxygen atoms in total. The van der Waals surface area contributed by atoms with Gasteiger partial charge in [0.15, 0.2) is 0 Å². The van der Waals surface area contributed by atoms with Gasteiger partial charge in [0.1, 0.15) is 23.8 Å². The first-order chi connectivity index (χ1) is 22.2. The van der Waals surface area contributed by atoms with E-state index in [1.165, 1.54) is 4.90 Å². The summed E-state index contributed by atoms with van der Waals surface area (Å²) in [6.45, 7) is 12.0. The van der Waals surface area contributed by atoms with E-state index in [0.29, 0.717) is 37.9 Å². The van der Waals surface area contributed by atoms with Crippen LogP contribution in [0.3, 0.4) is 0 Å². The summed E-state index contributed by atoms with van der Waals surface area (Å²) in [6, 6.07) is 15.5. The summed E-state index contributed by atoms with van der Waals surface area (Å²) in [7, 11) is 0. The van der Waals surface area contributed by atoms with Gasteiger partial charge in [-0.3, -0.25) is 14.4 Å². The molecule has 6 rings (SSSR count). The molecular weight excluding hydrogens is 584 g/mol. The van der Waals surface area contributed by atoms with Crippen LogP contribution in [0.1, 0.15) is 38.7 Å². The van der Waals surface area contributed by atoms with Crippen LogP contribution >= 0.6 is 0 Å². The molecule has 46 heavy (non-hydrogen) atoms. The number of rotatable bonds is 13. The summed E-state index contributed by atoms with van der Waals surface area (Å²) in [5, 5.41) is 18.8. The molecule has 0 aliphatic carbocycles. The number of hydrogen-bond acceptors (Lipinski definition) is 7. The fourth-order valence-corrected chi connectivity index (χ4v) is 7.99. The second-order valence-corrected chi connectivity index (χ2v) is 12.7. The SMILES string of the molecule is C=CCN(Cn1nnc2ccccc21)C(=O)C1N([C@H](C)CO)C(=O)[C@@H]2[C@H](C(=O)N(CC=C)Cc3ccccc3)[C@]3(CC)CCC12O3. The summed E-state index contributed by atoms with van der Waals surface area (Å²) < 4.78 is 8.62. The average Bonchev–Trinajstić information content (AvgIpc) is 3.81. The van der Waals surface area contributed by atoms with Gasteiger partial charge in [0.25, 0.3) is 0 Å². The van der Waals surface area contributed by atoms with E-state index in [0.717, 1.165) is 11.1 Å². The molecule has 11 heteroatoms. The van der Waals surface area contributed by atoms with Crippen molar-refractivity contribution in [1.29, 1.82) is 0 Å². The number of hydrogen-bond donors (Lipinski definition) is 1. The van der Waals surface area contributed by atoms with Crippen LogP contribution in [0.2, 0.25) is 0 Å². The Hall–Kier alpha value is -4.35. The van der Waals surface area contributed by atoms with Crippen LogP contribution in [-0.2, 0) is 32.3 Å². The molecule has 4 heterocycles. The largest absolute Gasteiger partial charge is 0.394 e. The third-order valence-corrected chi connectivity index (χ3v) is 10.1. The molecule has 1 spiro atoms. The first kappa shape index (κ1) is 31.6. The highest BCUT2D eigenvalue weighted by atomic mass is 16.5. The van der Waals surface area contributed by atoms with E-state index in [9.17, 15) is 19.5 Å². The molecular formula is C35H42N6O5. The van der Waals surface area contributed by atoms with Crippen molar-refractivity contribution in [3.63, 3.8) is 0 Å². The minimum Gasteiger partial charge on any atom is -0.394 e. The first-order valence-electron chi connectivity index (χ1n) is 16.0. The number of nitrogens with zero attached hydrogens (tertiary/aromatic N) is 6. The minimum atomic E-state index is -1.23. The van der Waals surface area contributed by atoms with Gasteiger partial charge in [0, 0.05) is 19.6 Å². The average molecular weight is 627 g/mol. The molecule has 1 aromatic heterocycles. The van der Waals surface area contributed by atoms with E-state index in [-0.39, 0.29) is 37.5 Å². The van der Waals surface area contributed by atoms with Crippen molar-refractivity contribution in [2.45, 2.75) is 69.6 Å². The zero-order chi connectivity index (χ0) is 32.6. The predicted octanol–water partition coefficient (Wildman–Crippen LogP) is 3.15. The number of amides is 3. The van der Waals surface area contributed by atoms with Crippen LogP contribution < -0.4 is 0 Å². The van der Waals surface area contributed by atoms with E-state index in [2.05, 4.69) is 23.5 Å². The lowest BCUT2D eigenvalue weighted by molar-refractivity contribution is -0.158. The van der Waals surface area contributed by atoms with Gasteiger partial charge in [-0.05, 0) is 43.9 Å². The molecule has 3 aliphatic rings. The Bertz CT molecular complexity index is 1640. The van der Waals surface area contributed by atoms with E-state index >= 15 is 0 Å². The van der Waals surface area contributed by atoms with E-state index in [1.807, 2.05) is 61.5 Å². The minimum absolute atomic E-state index is 0.0730. The van der Waals surface area contributed by atoms with E-state index in [4.69, 9.17) is 4.74 Å². The van der Waals surface area contributed by atoms with Gasteiger partial charge in [-0.2, -0.15) is 0 Å². The Balaban J connectivity index is 1.40. The summed E-state index contributed by atoms with van der Waals surface area (Å²) in [6.07, 6.45) is 4.82. The normalized spacial score (nSPS) is 27.1. The van der Waals surface area contributed by atoms with Crippen LogP contribution in [0.25, 0.3) is 11.0 Å². The summed E-state index contributed by atoms with van der Waals surface area (Å²) in [5.74, 6) is -2.54. The smallest absolute Gasteiger partial charge is 0.250 e. The van der Waals surface area contributed by atoms with Crippen molar-refractivity contribution in [2.24, 2.45) is 11.8 Å². The highest BCUT2D eigenvalue weighted by Gasteiger charge is 2.79. The molecule has 3 aliphatic heterocycles. The standard InChI is InChI=1S/C35H42N6O5/c1-5-19-38(21-25-13-9-8-10-14-25)31(43)28-29-32(44)41(24(4)22-42)30(35(29)18-17-34(28,7-3)46-35)33(45)39(20-6-2)23-40-27-16-12-11-15-26(27)36-37-40/h5-6,8-16,24,28-30,42H,1-2,7,17-23H2,3-4H3/t24-,28-,29+,30?,34+,35?/m1/s1. The van der Waals surface area contributed by atoms with Crippen molar-refractivity contribution in [3.05, 3.63) is 85.5 Å². The molecule has 3 aromatic rings. The van der Waals surface area contributed by atoms with Crippen molar-refractivity contribution in [1.82, 2.24) is 29.7 Å². The highest BCUT2D eigenvalue weighted by Crippen LogP contribution is 2.65. The molecule has 3 saturated heterocycles. The summed E-state index contributed by atoms with van der Waals surface area (Å²) >= 11 is 0. The van der Waals surface area contributed by atoms with Gasteiger partial charge in [-0.15, -0.1) is 18.3 Å². The fourth-order valence-electron chi connectivity index (χ4n) is 7.99. The monoisotopic (exact) mass is 626 g/mol. The van der Waals surface area contributed by atoms with Gasteiger partial charge < -0.3 is 24.5 Å². The van der Waals surface area contributed by atoms with Gasteiger partial charge in [0.05, 0.1) is 35.6 Å². The lowest BCUT2D eigenvalue weighted by atomic mass is 9.64. The fraction of sp³-hybridized carbons (Fsp3) is 0.457. The molecule has 242 valence electrons. The number of para-hydroxylation sites is 1. The molecule has 0 radical (unpaired) electrons. The zero-order valence-corrected chi connectivity index (χ0v) is 26.5. The van der Waals surface area contributed by atoms with E-state index in [1.54, 1.807) is 33.6 Å². The Labute approximate surface area is 269 Å². The van der Waals surface area contributed by atoms with Gasteiger partial charge in [-0.1, -0.05) is 66.8 Å². The number of benzene rings is 2. The summed E-state index contributed by atoms with van der Waals surface area (Å²) in [5.41, 5.74) is 0.292. The number of carbonyl (C=O) groups is 3. The van der Waals surface area contributed by atoms with Crippen molar-refractivity contribution in [2.75, 3.05) is 19.7 Å². The third kappa shape index (κ3) is 4.93. The van der Waals surface area contributed by atoms with Crippen LogP contribution in [-0.4, -0.2) is 95.5 Å². The molecule has 6 atom stereocenters. The van der Waals surface area contributed by atoms with E-state index < -0.39 is 35.1 Å². The van der Waals surface area contributed by atoms with Gasteiger partial charge in [-0.25, -0.2) is 4.68 Å². The topological polar surface area (TPSA) is 121 Å². The first-order valence-corrected chi connectivity index (χ1v) is 16.0. The van der Waals surface area contributed by atoms with Crippen LogP contribution in [0, 0.1) is 11.8 Å².